The molecule has 140 valence electrons. The molecule has 1 heterocycles. The topological polar surface area (TPSA) is 94.2 Å². The van der Waals surface area contributed by atoms with Gasteiger partial charge in [-0.15, -0.1) is 0 Å². The number of nitrogens with one attached hydrogen (secondary N) is 1. The van der Waals surface area contributed by atoms with E-state index in [4.69, 9.17) is 5.14 Å². The number of sulfonamides is 1. The molecule has 0 fully saturated rings. The van der Waals surface area contributed by atoms with Crippen molar-refractivity contribution in [2.75, 3.05) is 6.54 Å². The predicted molar refractivity (Wildman–Crippen MR) is 104 cm³/mol. The van der Waals surface area contributed by atoms with Crippen LogP contribution in [-0.2, 0) is 23.0 Å². The second kappa shape index (κ2) is 8.20. The Labute approximate surface area is 158 Å². The number of amides is 1. The summed E-state index contributed by atoms with van der Waals surface area (Å²) in [4.78, 5) is 12.5. The first-order chi connectivity index (χ1) is 12.9. The summed E-state index contributed by atoms with van der Waals surface area (Å²) in [6, 6.07) is 19.9. The molecule has 0 spiro atoms. The molecule has 3 aromatic rings. The normalized spacial score (nSPS) is 11.3. The molecule has 0 aliphatic rings. The number of hydrogen-bond donors (Lipinski definition) is 2. The van der Waals surface area contributed by atoms with Crippen LogP contribution in [0.1, 0.15) is 21.6 Å². The molecule has 0 saturated carbocycles. The lowest BCUT2D eigenvalue weighted by atomic mass is 10.1. The Morgan fingerprint density at radius 3 is 2.30 bits per heavy atom. The van der Waals surface area contributed by atoms with Gasteiger partial charge in [0.15, 0.2) is 0 Å². The minimum Gasteiger partial charge on any atom is -0.350 e. The van der Waals surface area contributed by atoms with Gasteiger partial charge in [0.1, 0.15) is 5.69 Å². The van der Waals surface area contributed by atoms with E-state index in [0.29, 0.717) is 25.2 Å². The van der Waals surface area contributed by atoms with Gasteiger partial charge in [-0.3, -0.25) is 4.79 Å². The Morgan fingerprint density at radius 2 is 1.63 bits per heavy atom. The van der Waals surface area contributed by atoms with Gasteiger partial charge in [-0.1, -0.05) is 42.5 Å². The van der Waals surface area contributed by atoms with Gasteiger partial charge in [0.25, 0.3) is 5.91 Å². The number of primary sulfonamides is 1. The standard InChI is InChI=1S/C20H21N3O3S/c21-27(25,26)18-10-8-16(9-11-18)12-13-22-20(24)19-7-4-14-23(19)15-17-5-2-1-3-6-17/h1-11,14H,12-13,15H2,(H,22,24)(H2,21,25,26). The number of hydrogen-bond acceptors (Lipinski definition) is 3. The fourth-order valence-electron chi connectivity index (χ4n) is 2.79. The lowest BCUT2D eigenvalue weighted by molar-refractivity contribution is 0.0945. The predicted octanol–water partition coefficient (Wildman–Crippen LogP) is 2.16. The molecule has 6 nitrogen and oxygen atoms in total. The molecule has 3 rings (SSSR count). The Bertz CT molecular complexity index is 1010. The van der Waals surface area contributed by atoms with Crippen LogP contribution in [0.15, 0.2) is 77.8 Å². The quantitative estimate of drug-likeness (QED) is 0.655. The molecule has 2 aromatic carbocycles. The molecule has 0 bridgehead atoms. The van der Waals surface area contributed by atoms with Crippen LogP contribution in [0.3, 0.4) is 0 Å². The summed E-state index contributed by atoms with van der Waals surface area (Å²) >= 11 is 0. The first-order valence-electron chi connectivity index (χ1n) is 8.52. The third-order valence-corrected chi connectivity index (χ3v) is 5.14. The Hall–Kier alpha value is -2.90. The fourth-order valence-corrected chi connectivity index (χ4v) is 3.31. The lowest BCUT2D eigenvalue weighted by Gasteiger charge is -2.10. The van der Waals surface area contributed by atoms with Gasteiger partial charge in [0.05, 0.1) is 4.90 Å². The van der Waals surface area contributed by atoms with Crippen LogP contribution in [0, 0.1) is 0 Å². The van der Waals surface area contributed by atoms with Crippen LogP contribution in [-0.4, -0.2) is 25.4 Å². The van der Waals surface area contributed by atoms with Crippen molar-refractivity contribution in [3.8, 4) is 0 Å². The zero-order valence-corrected chi connectivity index (χ0v) is 15.5. The SMILES string of the molecule is NS(=O)(=O)c1ccc(CCNC(=O)c2cccn2Cc2ccccc2)cc1. The van der Waals surface area contributed by atoms with Crippen molar-refractivity contribution in [2.45, 2.75) is 17.9 Å². The fraction of sp³-hybridized carbons (Fsp3) is 0.150. The Balaban J connectivity index is 1.56. The number of carbonyl (C=O) groups is 1. The summed E-state index contributed by atoms with van der Waals surface area (Å²) in [5.41, 5.74) is 2.64. The van der Waals surface area contributed by atoms with Crippen molar-refractivity contribution in [1.29, 1.82) is 0 Å². The molecule has 0 saturated heterocycles. The van der Waals surface area contributed by atoms with Gasteiger partial charge in [-0.25, -0.2) is 13.6 Å². The maximum atomic E-state index is 12.5. The smallest absolute Gasteiger partial charge is 0.267 e. The maximum absolute atomic E-state index is 12.5. The highest BCUT2D eigenvalue weighted by Gasteiger charge is 2.11. The van der Waals surface area contributed by atoms with E-state index in [9.17, 15) is 13.2 Å². The number of nitrogens with zero attached hydrogens (tertiary/aromatic N) is 1. The first kappa shape index (κ1) is 18.9. The Kier molecular flexibility index (Phi) is 5.73. The van der Waals surface area contributed by atoms with Crippen LogP contribution in [0.25, 0.3) is 0 Å². The number of rotatable bonds is 7. The highest BCUT2D eigenvalue weighted by atomic mass is 32.2. The van der Waals surface area contributed by atoms with Crippen molar-refractivity contribution in [1.82, 2.24) is 9.88 Å². The minimum atomic E-state index is -3.69. The highest BCUT2D eigenvalue weighted by Crippen LogP contribution is 2.10. The molecular weight excluding hydrogens is 362 g/mol. The molecule has 1 amide bonds. The molecule has 3 N–H and O–H groups in total. The van der Waals surface area contributed by atoms with Crippen molar-refractivity contribution in [2.24, 2.45) is 5.14 Å². The third kappa shape index (κ3) is 5.06. The van der Waals surface area contributed by atoms with Crippen molar-refractivity contribution in [3.63, 3.8) is 0 Å². The third-order valence-electron chi connectivity index (χ3n) is 4.21. The highest BCUT2D eigenvalue weighted by molar-refractivity contribution is 7.89. The number of benzene rings is 2. The molecule has 0 aliphatic heterocycles. The second-order valence-corrected chi connectivity index (χ2v) is 7.76. The van der Waals surface area contributed by atoms with Gasteiger partial charge < -0.3 is 9.88 Å². The molecule has 27 heavy (non-hydrogen) atoms. The molecule has 0 unspecified atom stereocenters. The summed E-state index contributed by atoms with van der Waals surface area (Å²) in [5.74, 6) is -0.142. The van der Waals surface area contributed by atoms with Gasteiger partial charge in [0, 0.05) is 19.3 Å². The molecule has 0 aliphatic carbocycles. The second-order valence-electron chi connectivity index (χ2n) is 6.20. The van der Waals surface area contributed by atoms with E-state index in [0.717, 1.165) is 11.1 Å². The van der Waals surface area contributed by atoms with Crippen molar-refractivity contribution in [3.05, 3.63) is 89.7 Å². The zero-order valence-electron chi connectivity index (χ0n) is 14.7. The molecular formula is C20H21N3O3S. The van der Waals surface area contributed by atoms with E-state index < -0.39 is 10.0 Å². The van der Waals surface area contributed by atoms with E-state index in [1.165, 1.54) is 12.1 Å². The lowest BCUT2D eigenvalue weighted by Crippen LogP contribution is -2.28. The van der Waals surface area contributed by atoms with Crippen LogP contribution < -0.4 is 10.5 Å². The summed E-state index contributed by atoms with van der Waals surface area (Å²) < 4.78 is 24.4. The first-order valence-corrected chi connectivity index (χ1v) is 10.1. The monoisotopic (exact) mass is 383 g/mol. The average molecular weight is 383 g/mol. The molecule has 0 radical (unpaired) electrons. The molecule has 0 atom stereocenters. The minimum absolute atomic E-state index is 0.0778. The van der Waals surface area contributed by atoms with E-state index in [2.05, 4.69) is 5.32 Å². The van der Waals surface area contributed by atoms with Gasteiger partial charge in [0.2, 0.25) is 10.0 Å². The molecule has 7 heteroatoms. The van der Waals surface area contributed by atoms with Crippen LogP contribution in [0.5, 0.6) is 0 Å². The van der Waals surface area contributed by atoms with Crippen molar-refractivity contribution < 1.29 is 13.2 Å². The van der Waals surface area contributed by atoms with Gasteiger partial charge >= 0.3 is 0 Å². The number of nitrogens with two attached hydrogens (primary N) is 1. The summed E-state index contributed by atoms with van der Waals surface area (Å²) in [6.07, 6.45) is 2.48. The van der Waals surface area contributed by atoms with Crippen LogP contribution >= 0.6 is 0 Å². The zero-order chi connectivity index (χ0) is 19.3. The average Bonchev–Trinajstić information content (AvgIpc) is 3.10. The van der Waals surface area contributed by atoms with Gasteiger partial charge in [-0.05, 0) is 41.8 Å². The Morgan fingerprint density at radius 1 is 0.926 bits per heavy atom. The summed E-state index contributed by atoms with van der Waals surface area (Å²) in [6.45, 7) is 1.08. The van der Waals surface area contributed by atoms with Gasteiger partial charge in [-0.2, -0.15) is 0 Å². The molecule has 1 aromatic heterocycles. The van der Waals surface area contributed by atoms with Crippen LogP contribution in [0.4, 0.5) is 0 Å². The number of aromatic nitrogens is 1. The summed E-state index contributed by atoms with van der Waals surface area (Å²) in [7, 11) is -3.69. The van der Waals surface area contributed by atoms with E-state index in [1.807, 2.05) is 47.2 Å². The maximum Gasteiger partial charge on any atom is 0.267 e. The van der Waals surface area contributed by atoms with Crippen LogP contribution in [0.2, 0.25) is 0 Å². The largest absolute Gasteiger partial charge is 0.350 e. The van der Waals surface area contributed by atoms with E-state index in [-0.39, 0.29) is 10.8 Å². The number of carbonyl (C=O) groups excluding carboxylic acids is 1. The summed E-state index contributed by atoms with van der Waals surface area (Å²) in [5, 5.41) is 7.99. The van der Waals surface area contributed by atoms with Crippen molar-refractivity contribution >= 4 is 15.9 Å². The van der Waals surface area contributed by atoms with E-state index in [1.54, 1.807) is 18.2 Å². The van der Waals surface area contributed by atoms with E-state index >= 15 is 0 Å².